The van der Waals surface area contributed by atoms with E-state index in [0.717, 1.165) is 16.6 Å². The molecule has 0 aliphatic carbocycles. The van der Waals surface area contributed by atoms with Crippen LogP contribution in [-0.2, 0) is 12.8 Å². The Bertz CT molecular complexity index is 452. The summed E-state index contributed by atoms with van der Waals surface area (Å²) in [6.07, 6.45) is 1.70. The Hall–Kier alpha value is -1.49. The standard InChI is InChI=1S/C10H12N4S/c1-14-7-12-13-10(14)15-6-8-3-2-4-9(11)5-8/h2-5,7H,6,11H2,1H3. The van der Waals surface area contributed by atoms with Gasteiger partial charge >= 0.3 is 0 Å². The van der Waals surface area contributed by atoms with Gasteiger partial charge in [-0.3, -0.25) is 0 Å². The third kappa shape index (κ3) is 2.50. The molecule has 15 heavy (non-hydrogen) atoms. The summed E-state index contributed by atoms with van der Waals surface area (Å²) < 4.78 is 1.90. The predicted octanol–water partition coefficient (Wildman–Crippen LogP) is 1.69. The highest BCUT2D eigenvalue weighted by Crippen LogP contribution is 2.20. The van der Waals surface area contributed by atoms with Gasteiger partial charge in [-0.2, -0.15) is 0 Å². The van der Waals surface area contributed by atoms with Gasteiger partial charge in [-0.05, 0) is 17.7 Å². The highest BCUT2D eigenvalue weighted by atomic mass is 32.2. The second-order valence-corrected chi connectivity index (χ2v) is 4.20. The molecule has 0 bridgehead atoms. The average Bonchev–Trinajstić information content (AvgIpc) is 2.61. The van der Waals surface area contributed by atoms with Crippen molar-refractivity contribution in [1.29, 1.82) is 0 Å². The number of anilines is 1. The number of rotatable bonds is 3. The summed E-state index contributed by atoms with van der Waals surface area (Å²) >= 11 is 1.65. The molecular formula is C10H12N4S. The van der Waals surface area contributed by atoms with Crippen LogP contribution in [0.25, 0.3) is 0 Å². The maximum Gasteiger partial charge on any atom is 0.191 e. The quantitative estimate of drug-likeness (QED) is 0.631. The van der Waals surface area contributed by atoms with Crippen LogP contribution in [0.3, 0.4) is 0 Å². The number of aromatic nitrogens is 3. The summed E-state index contributed by atoms with van der Waals surface area (Å²) in [6.45, 7) is 0. The molecule has 0 fully saturated rings. The van der Waals surface area contributed by atoms with E-state index in [0.29, 0.717) is 0 Å². The molecule has 0 aliphatic rings. The Morgan fingerprint density at radius 3 is 3.00 bits per heavy atom. The SMILES string of the molecule is Cn1cnnc1SCc1cccc(N)c1. The molecule has 5 heteroatoms. The van der Waals surface area contributed by atoms with Crippen LogP contribution in [0.2, 0.25) is 0 Å². The van der Waals surface area contributed by atoms with E-state index in [-0.39, 0.29) is 0 Å². The zero-order chi connectivity index (χ0) is 10.7. The number of nitrogen functional groups attached to an aromatic ring is 1. The van der Waals surface area contributed by atoms with E-state index < -0.39 is 0 Å². The first-order valence-electron chi connectivity index (χ1n) is 4.57. The van der Waals surface area contributed by atoms with E-state index in [4.69, 9.17) is 5.73 Å². The predicted molar refractivity (Wildman–Crippen MR) is 61.4 cm³/mol. The van der Waals surface area contributed by atoms with Crippen LogP contribution >= 0.6 is 11.8 Å². The fourth-order valence-corrected chi connectivity index (χ4v) is 2.07. The molecule has 1 aromatic carbocycles. The number of aryl methyl sites for hydroxylation is 1. The summed E-state index contributed by atoms with van der Waals surface area (Å²) in [5.74, 6) is 0.859. The van der Waals surface area contributed by atoms with Crippen molar-refractivity contribution in [3.8, 4) is 0 Å². The van der Waals surface area contributed by atoms with Crippen molar-refractivity contribution in [3.63, 3.8) is 0 Å². The minimum atomic E-state index is 0.797. The van der Waals surface area contributed by atoms with Crippen molar-refractivity contribution >= 4 is 17.4 Å². The van der Waals surface area contributed by atoms with Crippen molar-refractivity contribution in [2.24, 2.45) is 7.05 Å². The van der Waals surface area contributed by atoms with Gasteiger partial charge in [-0.25, -0.2) is 0 Å². The molecule has 2 rings (SSSR count). The van der Waals surface area contributed by atoms with E-state index in [1.807, 2.05) is 29.8 Å². The van der Waals surface area contributed by atoms with Crippen LogP contribution in [0.1, 0.15) is 5.56 Å². The number of hydrogen-bond acceptors (Lipinski definition) is 4. The van der Waals surface area contributed by atoms with E-state index in [1.54, 1.807) is 18.1 Å². The first kappa shape index (κ1) is 10.0. The van der Waals surface area contributed by atoms with Gasteiger partial charge in [-0.1, -0.05) is 23.9 Å². The maximum absolute atomic E-state index is 5.70. The van der Waals surface area contributed by atoms with Gasteiger partial charge in [0.25, 0.3) is 0 Å². The van der Waals surface area contributed by atoms with Crippen LogP contribution in [0, 0.1) is 0 Å². The molecule has 0 unspecified atom stereocenters. The first-order valence-corrected chi connectivity index (χ1v) is 5.55. The van der Waals surface area contributed by atoms with Gasteiger partial charge in [-0.15, -0.1) is 10.2 Å². The molecule has 0 radical (unpaired) electrons. The Morgan fingerprint density at radius 1 is 1.47 bits per heavy atom. The first-order chi connectivity index (χ1) is 7.25. The summed E-state index contributed by atoms with van der Waals surface area (Å²) in [6, 6.07) is 7.88. The number of benzene rings is 1. The molecule has 1 heterocycles. The Labute approximate surface area is 92.5 Å². The molecule has 0 aliphatic heterocycles. The van der Waals surface area contributed by atoms with Crippen LogP contribution in [0.15, 0.2) is 35.7 Å². The van der Waals surface area contributed by atoms with Gasteiger partial charge in [0, 0.05) is 18.5 Å². The molecule has 0 saturated carbocycles. The lowest BCUT2D eigenvalue weighted by Crippen LogP contribution is -1.91. The molecule has 0 saturated heterocycles. The summed E-state index contributed by atoms with van der Waals surface area (Å²) in [5, 5.41) is 8.73. The zero-order valence-electron chi connectivity index (χ0n) is 8.42. The summed E-state index contributed by atoms with van der Waals surface area (Å²) in [4.78, 5) is 0. The zero-order valence-corrected chi connectivity index (χ0v) is 9.24. The number of nitrogens with zero attached hydrogens (tertiary/aromatic N) is 3. The Morgan fingerprint density at radius 2 is 2.33 bits per heavy atom. The smallest absolute Gasteiger partial charge is 0.191 e. The second kappa shape index (κ2) is 4.35. The second-order valence-electron chi connectivity index (χ2n) is 3.26. The van der Waals surface area contributed by atoms with Gasteiger partial charge in [0.2, 0.25) is 0 Å². The molecule has 1 aromatic heterocycles. The highest BCUT2D eigenvalue weighted by Gasteiger charge is 2.01. The van der Waals surface area contributed by atoms with E-state index in [1.165, 1.54) is 5.56 Å². The molecule has 0 atom stereocenters. The number of thioether (sulfide) groups is 1. The largest absolute Gasteiger partial charge is 0.399 e. The van der Waals surface area contributed by atoms with Crippen molar-refractivity contribution in [1.82, 2.24) is 14.8 Å². The van der Waals surface area contributed by atoms with Crippen LogP contribution in [0.4, 0.5) is 5.69 Å². The molecular weight excluding hydrogens is 208 g/mol. The lowest BCUT2D eigenvalue weighted by atomic mass is 10.2. The van der Waals surface area contributed by atoms with Gasteiger partial charge < -0.3 is 10.3 Å². The number of hydrogen-bond donors (Lipinski definition) is 1. The van der Waals surface area contributed by atoms with Gasteiger partial charge in [0.15, 0.2) is 5.16 Å². The Balaban J connectivity index is 2.02. The maximum atomic E-state index is 5.70. The average molecular weight is 220 g/mol. The van der Waals surface area contributed by atoms with E-state index >= 15 is 0 Å². The fraction of sp³-hybridized carbons (Fsp3) is 0.200. The minimum Gasteiger partial charge on any atom is -0.399 e. The van der Waals surface area contributed by atoms with Crippen molar-refractivity contribution in [3.05, 3.63) is 36.2 Å². The molecule has 78 valence electrons. The molecule has 2 N–H and O–H groups in total. The van der Waals surface area contributed by atoms with E-state index in [9.17, 15) is 0 Å². The highest BCUT2D eigenvalue weighted by molar-refractivity contribution is 7.98. The van der Waals surface area contributed by atoms with Gasteiger partial charge in [0.1, 0.15) is 6.33 Å². The third-order valence-electron chi connectivity index (χ3n) is 1.99. The van der Waals surface area contributed by atoms with Gasteiger partial charge in [0.05, 0.1) is 0 Å². The summed E-state index contributed by atoms with van der Waals surface area (Å²) in [7, 11) is 1.93. The van der Waals surface area contributed by atoms with Crippen LogP contribution < -0.4 is 5.73 Å². The van der Waals surface area contributed by atoms with E-state index in [2.05, 4.69) is 16.3 Å². The topological polar surface area (TPSA) is 56.7 Å². The summed E-state index contributed by atoms with van der Waals surface area (Å²) in [5.41, 5.74) is 7.69. The normalized spacial score (nSPS) is 10.5. The molecule has 0 spiro atoms. The number of nitrogens with two attached hydrogens (primary N) is 1. The Kier molecular flexibility index (Phi) is 2.91. The van der Waals surface area contributed by atoms with Crippen molar-refractivity contribution < 1.29 is 0 Å². The molecule has 0 amide bonds. The van der Waals surface area contributed by atoms with Crippen molar-refractivity contribution in [2.45, 2.75) is 10.9 Å². The molecule has 4 nitrogen and oxygen atoms in total. The van der Waals surface area contributed by atoms with Crippen LogP contribution in [0.5, 0.6) is 0 Å². The monoisotopic (exact) mass is 220 g/mol. The lowest BCUT2D eigenvalue weighted by Gasteiger charge is -2.01. The minimum absolute atomic E-state index is 0.797. The van der Waals surface area contributed by atoms with Crippen molar-refractivity contribution in [2.75, 3.05) is 5.73 Å². The third-order valence-corrected chi connectivity index (χ3v) is 3.09. The fourth-order valence-electron chi connectivity index (χ4n) is 1.23. The molecule has 2 aromatic rings. The lowest BCUT2D eigenvalue weighted by molar-refractivity contribution is 0.788. The van der Waals surface area contributed by atoms with Crippen LogP contribution in [-0.4, -0.2) is 14.8 Å².